The molecule has 4 aliphatic rings. The van der Waals surface area contributed by atoms with Crippen molar-refractivity contribution in [1.29, 1.82) is 0 Å². The maximum atomic E-state index is 14.3. The predicted octanol–water partition coefficient (Wildman–Crippen LogP) is 3.04. The highest BCUT2D eigenvalue weighted by atomic mass is 32.2. The highest BCUT2D eigenvalue weighted by molar-refractivity contribution is 7.99. The number of halogens is 2. The normalized spacial score (nSPS) is 22.3. The standard InChI is InChI=1S/C14H17FN2O4S.C14H17FN2O3S.CH4/c15-12-7-10(17-8-11(9-18)21-14(17)19)1-2-13(12)16-3-5-22(20)6-4-16;15-12-7-10(17-8-11(9-18)20-14(17)19)1-2-13(12)16-3-5-21-6-4-16;/h1-2,7,11,18H,3-6,8-9H2;1-2,7,11,18H,3-6,8-9H2;1H4/t2*11-;/m11./s1. The van der Waals surface area contributed by atoms with Crippen molar-refractivity contribution in [1.82, 2.24) is 0 Å². The summed E-state index contributed by atoms with van der Waals surface area (Å²) in [6, 6.07) is 9.37. The fourth-order valence-corrected chi connectivity index (χ4v) is 7.13. The lowest BCUT2D eigenvalue weighted by Crippen LogP contribution is -2.38. The largest absolute Gasteiger partial charge is 0.441 e. The molecule has 0 bridgehead atoms. The van der Waals surface area contributed by atoms with E-state index in [1.807, 2.05) is 21.6 Å². The van der Waals surface area contributed by atoms with Crippen LogP contribution in [0.25, 0.3) is 0 Å². The number of ether oxygens (including phenoxy) is 2. The molecular formula is C29H38F2N4O7S2. The van der Waals surface area contributed by atoms with Crippen molar-refractivity contribution in [3.63, 3.8) is 0 Å². The summed E-state index contributed by atoms with van der Waals surface area (Å²) in [6.45, 7) is 2.74. The van der Waals surface area contributed by atoms with Crippen molar-refractivity contribution in [2.24, 2.45) is 0 Å². The van der Waals surface area contributed by atoms with E-state index in [1.54, 1.807) is 24.3 Å². The Morgan fingerprint density at radius 2 is 1.20 bits per heavy atom. The Morgan fingerprint density at radius 1 is 0.773 bits per heavy atom. The molecule has 2 amide bonds. The van der Waals surface area contributed by atoms with Gasteiger partial charge < -0.3 is 29.5 Å². The number of hydrogen-bond donors (Lipinski definition) is 2. The number of aliphatic hydroxyl groups excluding tert-OH is 2. The van der Waals surface area contributed by atoms with Crippen LogP contribution in [0.4, 0.5) is 41.1 Å². The first-order chi connectivity index (χ1) is 20.8. The lowest BCUT2D eigenvalue weighted by atomic mass is 10.2. The van der Waals surface area contributed by atoms with Gasteiger partial charge in [-0.15, -0.1) is 0 Å². The second-order valence-corrected chi connectivity index (χ2v) is 13.2. The molecule has 0 aromatic heterocycles. The number of hydrogen-bond acceptors (Lipinski definition) is 10. The zero-order valence-electron chi connectivity index (χ0n) is 23.4. The SMILES string of the molecule is C.O=C1O[C@@H](CO)CN1c1ccc(N2CCS(=O)CC2)c(F)c1.O=C1O[C@@H](CO)CN1c1ccc(N2CCSCC2)c(F)c1. The number of benzene rings is 2. The van der Waals surface area contributed by atoms with Gasteiger partial charge in [-0.3, -0.25) is 14.0 Å². The summed E-state index contributed by atoms with van der Waals surface area (Å²) in [5, 5.41) is 18.1. The molecule has 6 rings (SSSR count). The summed E-state index contributed by atoms with van der Waals surface area (Å²) in [6.07, 6.45) is -2.25. The smallest absolute Gasteiger partial charge is 0.414 e. The molecule has 15 heteroatoms. The van der Waals surface area contributed by atoms with Crippen LogP contribution < -0.4 is 19.6 Å². The van der Waals surface area contributed by atoms with Crippen molar-refractivity contribution < 1.29 is 42.3 Å². The van der Waals surface area contributed by atoms with Crippen LogP contribution in [-0.2, 0) is 20.3 Å². The number of rotatable bonds is 6. The van der Waals surface area contributed by atoms with Crippen molar-refractivity contribution >= 4 is 57.5 Å². The molecule has 44 heavy (non-hydrogen) atoms. The van der Waals surface area contributed by atoms with Gasteiger partial charge in [0.05, 0.1) is 49.1 Å². The van der Waals surface area contributed by atoms with Crippen molar-refractivity contribution in [2.45, 2.75) is 19.6 Å². The Kier molecular flexibility index (Phi) is 11.7. The molecule has 0 radical (unpaired) electrons. The van der Waals surface area contributed by atoms with E-state index >= 15 is 0 Å². The second kappa shape index (κ2) is 15.2. The highest BCUT2D eigenvalue weighted by Gasteiger charge is 2.33. The summed E-state index contributed by atoms with van der Waals surface area (Å²) in [5.74, 6) is 2.32. The van der Waals surface area contributed by atoms with Crippen LogP contribution in [-0.4, -0.2) is 114 Å². The first-order valence-electron chi connectivity index (χ1n) is 14.0. The average Bonchev–Trinajstić information content (AvgIpc) is 3.60. The van der Waals surface area contributed by atoms with Crippen LogP contribution in [0, 0.1) is 11.6 Å². The Morgan fingerprint density at radius 3 is 1.59 bits per heavy atom. The van der Waals surface area contributed by atoms with Crippen LogP contribution in [0.3, 0.4) is 0 Å². The molecule has 2 atom stereocenters. The maximum Gasteiger partial charge on any atom is 0.414 e. The fraction of sp³-hybridized carbons (Fsp3) is 0.517. The zero-order chi connectivity index (χ0) is 30.5. The van der Waals surface area contributed by atoms with Crippen LogP contribution >= 0.6 is 11.8 Å². The minimum Gasteiger partial charge on any atom is -0.441 e. The number of cyclic esters (lactones) is 2. The highest BCUT2D eigenvalue weighted by Crippen LogP contribution is 2.30. The Hall–Kier alpha value is -3.14. The number of thioether (sulfide) groups is 1. The molecule has 2 aromatic rings. The summed E-state index contributed by atoms with van der Waals surface area (Å²) < 4.78 is 49.9. The van der Waals surface area contributed by atoms with Gasteiger partial charge in [0.15, 0.2) is 0 Å². The molecule has 2 aromatic carbocycles. The number of amides is 2. The van der Waals surface area contributed by atoms with Crippen LogP contribution in [0.15, 0.2) is 36.4 Å². The number of anilines is 4. The van der Waals surface area contributed by atoms with Gasteiger partial charge in [-0.2, -0.15) is 11.8 Å². The molecule has 2 N–H and O–H groups in total. The molecule has 4 saturated heterocycles. The summed E-state index contributed by atoms with van der Waals surface area (Å²) in [4.78, 5) is 29.9. The third-order valence-electron chi connectivity index (χ3n) is 7.51. The Labute approximate surface area is 262 Å². The summed E-state index contributed by atoms with van der Waals surface area (Å²) in [7, 11) is -0.815. The van der Waals surface area contributed by atoms with E-state index in [9.17, 15) is 22.6 Å². The molecule has 4 aliphatic heterocycles. The number of aliphatic hydroxyl groups is 2. The van der Waals surface area contributed by atoms with E-state index in [4.69, 9.17) is 19.7 Å². The van der Waals surface area contributed by atoms with Gasteiger partial charge in [0.25, 0.3) is 0 Å². The average molecular weight is 657 g/mol. The minimum absolute atomic E-state index is 0. The van der Waals surface area contributed by atoms with E-state index in [2.05, 4.69) is 0 Å². The van der Waals surface area contributed by atoms with E-state index in [0.717, 1.165) is 24.6 Å². The van der Waals surface area contributed by atoms with Gasteiger partial charge in [0.1, 0.15) is 23.8 Å². The van der Waals surface area contributed by atoms with Gasteiger partial charge in [0.2, 0.25) is 0 Å². The van der Waals surface area contributed by atoms with Crippen molar-refractivity contribution in [3.8, 4) is 0 Å². The van der Waals surface area contributed by atoms with Gasteiger partial charge in [-0.25, -0.2) is 18.4 Å². The molecule has 0 unspecified atom stereocenters. The molecule has 0 spiro atoms. The fourth-order valence-electron chi connectivity index (χ4n) is 5.18. The molecule has 242 valence electrons. The molecule has 4 fully saturated rings. The van der Waals surface area contributed by atoms with Crippen molar-refractivity contribution in [3.05, 3.63) is 48.0 Å². The Bertz CT molecular complexity index is 1340. The van der Waals surface area contributed by atoms with Gasteiger partial charge in [-0.1, -0.05) is 7.43 Å². The molecule has 0 saturated carbocycles. The molecule has 11 nitrogen and oxygen atoms in total. The molecular weight excluding hydrogens is 618 g/mol. The van der Waals surface area contributed by atoms with Crippen LogP contribution in [0.5, 0.6) is 0 Å². The third-order valence-corrected chi connectivity index (χ3v) is 9.73. The van der Waals surface area contributed by atoms with E-state index in [0.29, 0.717) is 47.3 Å². The van der Waals surface area contributed by atoms with Crippen LogP contribution in [0.2, 0.25) is 0 Å². The van der Waals surface area contributed by atoms with E-state index in [-0.39, 0.29) is 39.5 Å². The molecule has 4 heterocycles. The topological polar surface area (TPSA) is 123 Å². The number of carbonyl (C=O) groups excluding carboxylic acids is 2. The van der Waals surface area contributed by atoms with Gasteiger partial charge in [0, 0.05) is 60.0 Å². The maximum absolute atomic E-state index is 14.3. The number of nitrogens with zero attached hydrogens (tertiary/aromatic N) is 4. The lowest BCUT2D eigenvalue weighted by molar-refractivity contribution is 0.0960. The third kappa shape index (κ3) is 7.73. The lowest BCUT2D eigenvalue weighted by Gasteiger charge is -2.29. The van der Waals surface area contributed by atoms with Gasteiger partial charge in [-0.05, 0) is 36.4 Å². The van der Waals surface area contributed by atoms with E-state index < -0.39 is 41.0 Å². The van der Waals surface area contributed by atoms with E-state index in [1.165, 1.54) is 21.9 Å². The van der Waals surface area contributed by atoms with Gasteiger partial charge >= 0.3 is 12.2 Å². The second-order valence-electron chi connectivity index (χ2n) is 10.3. The quantitative estimate of drug-likeness (QED) is 0.480. The monoisotopic (exact) mass is 656 g/mol. The first-order valence-corrected chi connectivity index (χ1v) is 16.6. The molecule has 0 aliphatic carbocycles. The summed E-state index contributed by atoms with van der Waals surface area (Å²) >= 11 is 1.87. The first kappa shape index (κ1) is 33.7. The summed E-state index contributed by atoms with van der Waals surface area (Å²) in [5.41, 5.74) is 1.89. The Balaban J connectivity index is 0.000000197. The van der Waals surface area contributed by atoms with Crippen molar-refractivity contribution in [2.75, 3.05) is 95.1 Å². The number of carbonyl (C=O) groups is 2. The minimum atomic E-state index is -0.815. The predicted molar refractivity (Wildman–Crippen MR) is 169 cm³/mol. The zero-order valence-corrected chi connectivity index (χ0v) is 25.0. The van der Waals surface area contributed by atoms with Crippen LogP contribution in [0.1, 0.15) is 7.43 Å².